The number of rotatable bonds is 8. The lowest BCUT2D eigenvalue weighted by Gasteiger charge is -2.10. The summed E-state index contributed by atoms with van der Waals surface area (Å²) in [5, 5.41) is 2.74. The van der Waals surface area contributed by atoms with Gasteiger partial charge in [-0.3, -0.25) is 4.79 Å². The first-order chi connectivity index (χ1) is 13.4. The van der Waals surface area contributed by atoms with Gasteiger partial charge in [0.15, 0.2) is 18.1 Å². The molecule has 0 heterocycles. The van der Waals surface area contributed by atoms with Gasteiger partial charge in [0.05, 0.1) is 13.7 Å². The molecule has 0 unspecified atom stereocenters. The Morgan fingerprint density at radius 1 is 1.07 bits per heavy atom. The number of carbonyl (C=O) groups excluding carboxylic acids is 2. The number of amides is 1. The molecule has 0 spiro atoms. The van der Waals surface area contributed by atoms with Crippen LogP contribution in [0.4, 0.5) is 5.69 Å². The fraction of sp³-hybridized carbons (Fsp3) is 0.273. The summed E-state index contributed by atoms with van der Waals surface area (Å²) in [6.45, 7) is 5.90. The lowest BCUT2D eigenvalue weighted by molar-refractivity contribution is -0.142. The summed E-state index contributed by atoms with van der Waals surface area (Å²) in [5.74, 6) is 0.209. The fourth-order valence-electron chi connectivity index (χ4n) is 2.47. The van der Waals surface area contributed by atoms with Crippen LogP contribution in [0.3, 0.4) is 0 Å². The number of hydrogen-bond donors (Lipinski definition) is 1. The number of carbonyl (C=O) groups is 2. The lowest BCUT2D eigenvalue weighted by atomic mass is 10.1. The van der Waals surface area contributed by atoms with Crippen molar-refractivity contribution < 1.29 is 23.8 Å². The van der Waals surface area contributed by atoms with E-state index in [2.05, 4.69) is 5.32 Å². The first-order valence-corrected chi connectivity index (χ1v) is 8.95. The average Bonchev–Trinajstić information content (AvgIpc) is 2.68. The van der Waals surface area contributed by atoms with Gasteiger partial charge in [0, 0.05) is 11.8 Å². The molecule has 0 aliphatic carbocycles. The first-order valence-electron chi connectivity index (χ1n) is 8.95. The minimum atomic E-state index is -0.607. The standard InChI is InChI=1S/C22H25NO5/c1-5-27-19-10-8-17(13-20(19)26-4)9-11-22(25)28-14-21(24)23-18-12-15(2)6-7-16(18)3/h6-13H,5,14H2,1-4H3,(H,23,24)/b11-9+. The number of benzene rings is 2. The maximum Gasteiger partial charge on any atom is 0.331 e. The van der Waals surface area contributed by atoms with E-state index in [1.165, 1.54) is 6.08 Å². The molecule has 148 valence electrons. The summed E-state index contributed by atoms with van der Waals surface area (Å²) in [5.41, 5.74) is 3.43. The van der Waals surface area contributed by atoms with Crippen molar-refractivity contribution in [2.75, 3.05) is 25.6 Å². The van der Waals surface area contributed by atoms with Crippen molar-refractivity contribution in [3.05, 3.63) is 59.2 Å². The van der Waals surface area contributed by atoms with Crippen molar-refractivity contribution >= 4 is 23.6 Å². The van der Waals surface area contributed by atoms with Crippen LogP contribution in [0.5, 0.6) is 11.5 Å². The number of methoxy groups -OCH3 is 1. The van der Waals surface area contributed by atoms with E-state index >= 15 is 0 Å². The Morgan fingerprint density at radius 3 is 2.57 bits per heavy atom. The van der Waals surface area contributed by atoms with Gasteiger partial charge < -0.3 is 19.5 Å². The Labute approximate surface area is 165 Å². The molecule has 0 radical (unpaired) electrons. The Balaban J connectivity index is 1.89. The molecule has 2 rings (SSSR count). The van der Waals surface area contributed by atoms with Gasteiger partial charge in [0.1, 0.15) is 0 Å². The molecule has 1 amide bonds. The largest absolute Gasteiger partial charge is 0.493 e. The lowest BCUT2D eigenvalue weighted by Crippen LogP contribution is -2.20. The molecule has 0 saturated carbocycles. The molecular formula is C22H25NO5. The highest BCUT2D eigenvalue weighted by atomic mass is 16.5. The molecule has 0 aliphatic heterocycles. The molecular weight excluding hydrogens is 358 g/mol. The second-order valence-electron chi connectivity index (χ2n) is 6.15. The summed E-state index contributed by atoms with van der Waals surface area (Å²) in [4.78, 5) is 23.9. The molecule has 0 saturated heterocycles. The highest BCUT2D eigenvalue weighted by Crippen LogP contribution is 2.28. The van der Waals surface area contributed by atoms with Gasteiger partial charge in [0.2, 0.25) is 0 Å². The predicted molar refractivity (Wildman–Crippen MR) is 109 cm³/mol. The Kier molecular flexibility index (Phi) is 7.63. The van der Waals surface area contributed by atoms with Gasteiger partial charge in [0.25, 0.3) is 5.91 Å². The average molecular weight is 383 g/mol. The zero-order valence-corrected chi connectivity index (χ0v) is 16.6. The minimum absolute atomic E-state index is 0.358. The molecule has 2 aromatic carbocycles. The summed E-state index contributed by atoms with van der Waals surface area (Å²) in [6, 6.07) is 11.1. The van der Waals surface area contributed by atoms with Crippen LogP contribution in [0.2, 0.25) is 0 Å². The van der Waals surface area contributed by atoms with Crippen molar-refractivity contribution in [1.82, 2.24) is 0 Å². The van der Waals surface area contributed by atoms with E-state index in [1.54, 1.807) is 31.4 Å². The zero-order valence-electron chi connectivity index (χ0n) is 16.6. The summed E-state index contributed by atoms with van der Waals surface area (Å²) in [7, 11) is 1.55. The van der Waals surface area contributed by atoms with Crippen molar-refractivity contribution in [3.63, 3.8) is 0 Å². The van der Waals surface area contributed by atoms with Gasteiger partial charge in [-0.05, 0) is 61.7 Å². The maximum absolute atomic E-state index is 12.0. The smallest absolute Gasteiger partial charge is 0.331 e. The molecule has 28 heavy (non-hydrogen) atoms. The molecule has 6 heteroatoms. The van der Waals surface area contributed by atoms with E-state index in [9.17, 15) is 9.59 Å². The van der Waals surface area contributed by atoms with Crippen LogP contribution in [0, 0.1) is 13.8 Å². The van der Waals surface area contributed by atoms with Crippen molar-refractivity contribution in [2.24, 2.45) is 0 Å². The van der Waals surface area contributed by atoms with Crippen LogP contribution in [0.15, 0.2) is 42.5 Å². The van der Waals surface area contributed by atoms with Crippen LogP contribution in [-0.4, -0.2) is 32.2 Å². The van der Waals surface area contributed by atoms with E-state index in [0.29, 0.717) is 23.8 Å². The molecule has 0 aliphatic rings. The van der Waals surface area contributed by atoms with Crippen LogP contribution < -0.4 is 14.8 Å². The third-order valence-corrected chi connectivity index (χ3v) is 3.91. The summed E-state index contributed by atoms with van der Waals surface area (Å²) >= 11 is 0. The van der Waals surface area contributed by atoms with Crippen molar-refractivity contribution in [1.29, 1.82) is 0 Å². The summed E-state index contributed by atoms with van der Waals surface area (Å²) in [6.07, 6.45) is 2.85. The molecule has 2 aromatic rings. The van der Waals surface area contributed by atoms with Crippen LogP contribution in [-0.2, 0) is 14.3 Å². The number of aryl methyl sites for hydroxylation is 2. The highest BCUT2D eigenvalue weighted by molar-refractivity contribution is 5.95. The molecule has 6 nitrogen and oxygen atoms in total. The number of anilines is 1. The topological polar surface area (TPSA) is 73.9 Å². The quantitative estimate of drug-likeness (QED) is 0.553. The Morgan fingerprint density at radius 2 is 1.86 bits per heavy atom. The number of ether oxygens (including phenoxy) is 3. The van der Waals surface area contributed by atoms with Crippen LogP contribution in [0.25, 0.3) is 6.08 Å². The first kappa shape index (κ1) is 21.0. The third kappa shape index (κ3) is 6.16. The van der Waals surface area contributed by atoms with E-state index in [-0.39, 0.29) is 6.61 Å². The van der Waals surface area contributed by atoms with E-state index in [0.717, 1.165) is 16.7 Å². The minimum Gasteiger partial charge on any atom is -0.493 e. The van der Waals surface area contributed by atoms with Crippen LogP contribution in [0.1, 0.15) is 23.6 Å². The van der Waals surface area contributed by atoms with E-state index in [1.807, 2.05) is 39.0 Å². The Bertz CT molecular complexity index is 873. The SMILES string of the molecule is CCOc1ccc(/C=C/C(=O)OCC(=O)Nc2cc(C)ccc2C)cc1OC. The Hall–Kier alpha value is -3.28. The van der Waals surface area contributed by atoms with Gasteiger partial charge >= 0.3 is 5.97 Å². The van der Waals surface area contributed by atoms with E-state index in [4.69, 9.17) is 14.2 Å². The van der Waals surface area contributed by atoms with Crippen molar-refractivity contribution in [2.45, 2.75) is 20.8 Å². The predicted octanol–water partition coefficient (Wildman–Crippen LogP) is 3.91. The molecule has 0 aromatic heterocycles. The van der Waals surface area contributed by atoms with Gasteiger partial charge in [-0.25, -0.2) is 4.79 Å². The molecule has 0 bridgehead atoms. The summed E-state index contributed by atoms with van der Waals surface area (Å²) < 4.78 is 15.7. The second kappa shape index (κ2) is 10.2. The van der Waals surface area contributed by atoms with E-state index < -0.39 is 11.9 Å². The molecule has 0 fully saturated rings. The molecule has 1 N–H and O–H groups in total. The number of nitrogens with one attached hydrogen (secondary N) is 1. The normalized spacial score (nSPS) is 10.6. The van der Waals surface area contributed by atoms with Gasteiger partial charge in [-0.2, -0.15) is 0 Å². The van der Waals surface area contributed by atoms with Gasteiger partial charge in [-0.1, -0.05) is 18.2 Å². The van der Waals surface area contributed by atoms with Gasteiger partial charge in [-0.15, -0.1) is 0 Å². The monoisotopic (exact) mass is 383 g/mol. The second-order valence-corrected chi connectivity index (χ2v) is 6.15. The van der Waals surface area contributed by atoms with Crippen LogP contribution >= 0.6 is 0 Å². The zero-order chi connectivity index (χ0) is 20.5. The van der Waals surface area contributed by atoms with Crippen molar-refractivity contribution in [3.8, 4) is 11.5 Å². The number of hydrogen-bond acceptors (Lipinski definition) is 5. The maximum atomic E-state index is 12.0. The highest BCUT2D eigenvalue weighted by Gasteiger charge is 2.08. The number of esters is 1. The molecule has 0 atom stereocenters. The fourth-order valence-corrected chi connectivity index (χ4v) is 2.47. The third-order valence-electron chi connectivity index (χ3n) is 3.91.